The number of aromatic hydroxyl groups is 1. The van der Waals surface area contributed by atoms with Gasteiger partial charge in [-0.1, -0.05) is 66.7 Å². The fourth-order valence-corrected chi connectivity index (χ4v) is 2.62. The number of amides is 1. The third-order valence-corrected chi connectivity index (χ3v) is 3.92. The molecular formula is C21H20N2O2. The maximum Gasteiger partial charge on any atom is 0.246 e. The minimum absolute atomic E-state index is 0.146. The van der Waals surface area contributed by atoms with Crippen LogP contribution in [-0.2, 0) is 11.3 Å². The minimum Gasteiger partial charge on any atom is -0.508 e. The predicted octanol–water partition coefficient (Wildman–Crippen LogP) is 3.86. The molecule has 0 fully saturated rings. The Labute approximate surface area is 147 Å². The van der Waals surface area contributed by atoms with Gasteiger partial charge in [0, 0.05) is 17.8 Å². The summed E-state index contributed by atoms with van der Waals surface area (Å²) >= 11 is 0. The molecule has 3 N–H and O–H groups in total. The fourth-order valence-electron chi connectivity index (χ4n) is 2.62. The van der Waals surface area contributed by atoms with Crippen LogP contribution in [0.1, 0.15) is 17.2 Å². The fraction of sp³-hybridized carbons (Fsp3) is 0.0952. The van der Waals surface area contributed by atoms with Gasteiger partial charge in [0.25, 0.3) is 0 Å². The molecule has 1 atom stereocenters. The maximum atomic E-state index is 12.8. The first-order chi connectivity index (χ1) is 12.2. The lowest BCUT2D eigenvalue weighted by molar-refractivity contribution is -0.118. The Balaban J connectivity index is 1.78. The molecule has 0 aliphatic heterocycles. The zero-order valence-electron chi connectivity index (χ0n) is 13.7. The molecule has 1 amide bonds. The quantitative estimate of drug-likeness (QED) is 0.642. The van der Waals surface area contributed by atoms with Crippen LogP contribution in [0.2, 0.25) is 0 Å². The van der Waals surface area contributed by atoms with Crippen molar-refractivity contribution in [2.45, 2.75) is 12.6 Å². The standard InChI is InChI=1S/C21H20N2O2/c24-19-14-8-7-11-17(19)15-22-20(16-9-3-1-4-10-16)21(25)23-18-12-5-2-6-13-18/h1-14,20,22,24H,15H2,(H,23,25)/t20-/m1/s1. The number of rotatable bonds is 6. The van der Waals surface area contributed by atoms with E-state index in [0.717, 1.165) is 16.8 Å². The van der Waals surface area contributed by atoms with E-state index in [0.29, 0.717) is 6.54 Å². The number of phenolic OH excluding ortho intramolecular Hbond substituents is 1. The molecule has 3 aromatic rings. The lowest BCUT2D eigenvalue weighted by atomic mass is 10.1. The number of hydrogen-bond donors (Lipinski definition) is 3. The highest BCUT2D eigenvalue weighted by atomic mass is 16.3. The van der Waals surface area contributed by atoms with Gasteiger partial charge in [0.1, 0.15) is 11.8 Å². The first kappa shape index (κ1) is 16.7. The van der Waals surface area contributed by atoms with Gasteiger partial charge >= 0.3 is 0 Å². The van der Waals surface area contributed by atoms with Crippen molar-refractivity contribution in [2.75, 3.05) is 5.32 Å². The summed E-state index contributed by atoms with van der Waals surface area (Å²) < 4.78 is 0. The highest BCUT2D eigenvalue weighted by Gasteiger charge is 2.20. The summed E-state index contributed by atoms with van der Waals surface area (Å²) in [5.41, 5.74) is 2.36. The Hall–Kier alpha value is -3.11. The second-order valence-corrected chi connectivity index (χ2v) is 5.71. The van der Waals surface area contributed by atoms with Crippen molar-refractivity contribution in [3.8, 4) is 5.75 Å². The van der Waals surface area contributed by atoms with Gasteiger partial charge in [0.2, 0.25) is 5.91 Å². The Bertz CT molecular complexity index is 820. The minimum atomic E-state index is -0.527. The van der Waals surface area contributed by atoms with E-state index < -0.39 is 6.04 Å². The number of para-hydroxylation sites is 2. The van der Waals surface area contributed by atoms with Crippen LogP contribution < -0.4 is 10.6 Å². The highest BCUT2D eigenvalue weighted by Crippen LogP contribution is 2.20. The second-order valence-electron chi connectivity index (χ2n) is 5.71. The van der Waals surface area contributed by atoms with E-state index in [2.05, 4.69) is 10.6 Å². The summed E-state index contributed by atoms with van der Waals surface area (Å²) in [6.07, 6.45) is 0. The molecule has 0 radical (unpaired) electrons. The van der Waals surface area contributed by atoms with Crippen LogP contribution in [-0.4, -0.2) is 11.0 Å². The van der Waals surface area contributed by atoms with E-state index in [1.807, 2.05) is 72.8 Å². The molecule has 0 unspecified atom stereocenters. The molecule has 0 aliphatic rings. The lowest BCUT2D eigenvalue weighted by Gasteiger charge is -2.19. The van der Waals surface area contributed by atoms with Crippen molar-refractivity contribution >= 4 is 11.6 Å². The first-order valence-electron chi connectivity index (χ1n) is 8.15. The van der Waals surface area contributed by atoms with E-state index in [1.165, 1.54) is 0 Å². The molecular weight excluding hydrogens is 312 g/mol. The smallest absolute Gasteiger partial charge is 0.246 e. The van der Waals surface area contributed by atoms with Gasteiger partial charge in [0.15, 0.2) is 0 Å². The topological polar surface area (TPSA) is 61.4 Å². The summed E-state index contributed by atoms with van der Waals surface area (Å²) in [7, 11) is 0. The van der Waals surface area contributed by atoms with Crippen molar-refractivity contribution in [1.29, 1.82) is 0 Å². The van der Waals surface area contributed by atoms with Crippen molar-refractivity contribution in [3.05, 3.63) is 96.1 Å². The number of carbonyl (C=O) groups is 1. The van der Waals surface area contributed by atoms with Gasteiger partial charge < -0.3 is 10.4 Å². The zero-order valence-corrected chi connectivity index (χ0v) is 13.7. The molecule has 0 aliphatic carbocycles. The summed E-state index contributed by atoms with van der Waals surface area (Å²) in [4.78, 5) is 12.8. The van der Waals surface area contributed by atoms with Gasteiger partial charge in [-0.05, 0) is 23.8 Å². The first-order valence-corrected chi connectivity index (χ1v) is 8.15. The molecule has 0 spiro atoms. The second kappa shape index (κ2) is 8.13. The number of anilines is 1. The average Bonchev–Trinajstić information content (AvgIpc) is 2.65. The maximum absolute atomic E-state index is 12.8. The summed E-state index contributed by atoms with van der Waals surface area (Å²) in [6.45, 7) is 0.383. The van der Waals surface area contributed by atoms with Crippen LogP contribution in [0.4, 0.5) is 5.69 Å². The molecule has 4 nitrogen and oxygen atoms in total. The Kier molecular flexibility index (Phi) is 5.44. The molecule has 0 heterocycles. The zero-order chi connectivity index (χ0) is 17.5. The van der Waals surface area contributed by atoms with E-state index in [9.17, 15) is 9.90 Å². The number of nitrogens with one attached hydrogen (secondary N) is 2. The van der Waals surface area contributed by atoms with Crippen LogP contribution in [0.5, 0.6) is 5.75 Å². The molecule has 3 rings (SSSR count). The van der Waals surface area contributed by atoms with Crippen LogP contribution in [0.15, 0.2) is 84.9 Å². The monoisotopic (exact) mass is 332 g/mol. The number of phenols is 1. The Morgan fingerprint density at radius 3 is 2.12 bits per heavy atom. The molecule has 4 heteroatoms. The molecule has 126 valence electrons. The number of benzene rings is 3. The van der Waals surface area contributed by atoms with Crippen molar-refractivity contribution in [1.82, 2.24) is 5.32 Å². The van der Waals surface area contributed by atoms with E-state index >= 15 is 0 Å². The molecule has 0 saturated carbocycles. The Morgan fingerprint density at radius 2 is 1.44 bits per heavy atom. The van der Waals surface area contributed by atoms with Crippen molar-refractivity contribution in [3.63, 3.8) is 0 Å². The van der Waals surface area contributed by atoms with Crippen molar-refractivity contribution < 1.29 is 9.90 Å². The van der Waals surface area contributed by atoms with E-state index in [1.54, 1.807) is 12.1 Å². The molecule has 0 saturated heterocycles. The highest BCUT2D eigenvalue weighted by molar-refractivity contribution is 5.95. The van der Waals surface area contributed by atoms with Crippen LogP contribution in [0, 0.1) is 0 Å². The Morgan fingerprint density at radius 1 is 0.840 bits per heavy atom. The van der Waals surface area contributed by atoms with E-state index in [-0.39, 0.29) is 11.7 Å². The molecule has 0 bridgehead atoms. The molecule has 3 aromatic carbocycles. The number of hydrogen-bond acceptors (Lipinski definition) is 3. The summed E-state index contributed by atoms with van der Waals surface area (Å²) in [5.74, 6) is 0.0677. The lowest BCUT2D eigenvalue weighted by Crippen LogP contribution is -2.32. The largest absolute Gasteiger partial charge is 0.508 e. The van der Waals surface area contributed by atoms with Gasteiger partial charge in [-0.25, -0.2) is 0 Å². The summed E-state index contributed by atoms with van der Waals surface area (Å²) in [5, 5.41) is 16.1. The molecule has 25 heavy (non-hydrogen) atoms. The van der Waals surface area contributed by atoms with Crippen LogP contribution in [0.3, 0.4) is 0 Å². The predicted molar refractivity (Wildman–Crippen MR) is 99.2 cm³/mol. The van der Waals surface area contributed by atoms with Crippen molar-refractivity contribution in [2.24, 2.45) is 0 Å². The van der Waals surface area contributed by atoms with Crippen LogP contribution >= 0.6 is 0 Å². The van der Waals surface area contributed by atoms with E-state index in [4.69, 9.17) is 0 Å². The number of carbonyl (C=O) groups excluding carboxylic acids is 1. The van der Waals surface area contributed by atoms with Gasteiger partial charge in [0.05, 0.1) is 0 Å². The third kappa shape index (κ3) is 4.46. The normalized spacial score (nSPS) is 11.7. The SMILES string of the molecule is O=C(Nc1ccccc1)[C@H](NCc1ccccc1O)c1ccccc1. The van der Waals surface area contributed by atoms with Crippen LogP contribution in [0.25, 0.3) is 0 Å². The third-order valence-electron chi connectivity index (χ3n) is 3.92. The molecule has 0 aromatic heterocycles. The van der Waals surface area contributed by atoms with Gasteiger partial charge in [-0.2, -0.15) is 0 Å². The van der Waals surface area contributed by atoms with Gasteiger partial charge in [-0.3, -0.25) is 10.1 Å². The van der Waals surface area contributed by atoms with Gasteiger partial charge in [-0.15, -0.1) is 0 Å². The summed E-state index contributed by atoms with van der Waals surface area (Å²) in [6, 6.07) is 25.5. The average molecular weight is 332 g/mol.